The molecule has 270 valence electrons. The fraction of sp³-hybridized carbons (Fsp3) is 0. The Bertz CT molecular complexity index is 3560. The van der Waals surface area contributed by atoms with Crippen molar-refractivity contribution < 1.29 is 4.42 Å². The van der Waals surface area contributed by atoms with Crippen molar-refractivity contribution in [2.24, 2.45) is 0 Å². The van der Waals surface area contributed by atoms with Crippen molar-refractivity contribution in [3.63, 3.8) is 0 Å². The first kappa shape index (κ1) is 32.4. The Hall–Kier alpha value is -7.89. The molecular weight excluding hydrogens is 709 g/mol. The maximum absolute atomic E-state index is 6.74. The third kappa shape index (κ3) is 5.07. The number of furan rings is 1. The van der Waals surface area contributed by atoms with Crippen LogP contribution in [0.1, 0.15) is 0 Å². The van der Waals surface area contributed by atoms with Gasteiger partial charge in [-0.3, -0.25) is 0 Å². The average molecular weight is 741 g/mol. The molecule has 0 aliphatic carbocycles. The Morgan fingerprint density at radius 1 is 0.345 bits per heavy atom. The van der Waals surface area contributed by atoms with Gasteiger partial charge in [-0.05, 0) is 63.0 Å². The summed E-state index contributed by atoms with van der Waals surface area (Å²) in [6.45, 7) is 0. The molecule has 12 rings (SSSR count). The van der Waals surface area contributed by atoms with Gasteiger partial charge in [0.25, 0.3) is 0 Å². The van der Waals surface area contributed by atoms with Gasteiger partial charge in [-0.15, -0.1) is 0 Å². The monoisotopic (exact) mass is 740 g/mol. The minimum absolute atomic E-state index is 0.566. The molecule has 0 unspecified atom stereocenters. The molecule has 0 aliphatic rings. The Morgan fingerprint density at radius 2 is 0.983 bits per heavy atom. The highest BCUT2D eigenvalue weighted by Gasteiger charge is 2.23. The lowest BCUT2D eigenvalue weighted by Crippen LogP contribution is -2.02. The van der Waals surface area contributed by atoms with Crippen molar-refractivity contribution in [1.82, 2.24) is 19.5 Å². The average Bonchev–Trinajstić information content (AvgIpc) is 3.85. The van der Waals surface area contributed by atoms with Gasteiger partial charge in [-0.25, -0.2) is 15.0 Å². The van der Waals surface area contributed by atoms with Crippen LogP contribution in [0.4, 0.5) is 0 Å². The summed E-state index contributed by atoms with van der Waals surface area (Å²) < 4.78 is 9.16. The molecule has 5 nitrogen and oxygen atoms in total. The van der Waals surface area contributed by atoms with Crippen LogP contribution in [0, 0.1) is 0 Å². The van der Waals surface area contributed by atoms with Gasteiger partial charge < -0.3 is 8.98 Å². The Morgan fingerprint density at radius 3 is 1.79 bits per heavy atom. The molecule has 9 aromatic carbocycles. The quantitative estimate of drug-likeness (QED) is 0.176. The number of para-hydroxylation sites is 1. The molecule has 0 aliphatic heterocycles. The van der Waals surface area contributed by atoms with Gasteiger partial charge in [0.05, 0.1) is 22.1 Å². The Labute approximate surface area is 333 Å². The molecule has 0 atom stereocenters. The second-order valence-corrected chi connectivity index (χ2v) is 14.8. The number of aromatic nitrogens is 4. The fourth-order valence-electron chi connectivity index (χ4n) is 8.76. The van der Waals surface area contributed by atoms with Gasteiger partial charge in [0.2, 0.25) is 0 Å². The highest BCUT2D eigenvalue weighted by atomic mass is 16.3. The van der Waals surface area contributed by atoms with Crippen LogP contribution in [0.15, 0.2) is 199 Å². The topological polar surface area (TPSA) is 56.7 Å². The zero-order valence-electron chi connectivity index (χ0n) is 31.2. The number of nitrogens with zero attached hydrogens (tertiary/aromatic N) is 4. The molecule has 0 amide bonds. The highest BCUT2D eigenvalue weighted by molar-refractivity contribution is 6.23. The van der Waals surface area contributed by atoms with Crippen molar-refractivity contribution in [2.75, 3.05) is 0 Å². The standard InChI is InChI=1S/C53H32N4O/c1-3-14-33(15-4-1)37-26-28-42-45(30-37)57(44-29-27-35-17-8-10-22-40(35)49(42)44)46-31-38(32-48-50(46)43-23-11-12-25-47(43)58-48)52-54-51(36-18-5-2-6-19-36)55-53(56-52)41-24-13-20-34-16-7-9-21-39(34)41/h1-32H. The van der Waals surface area contributed by atoms with Crippen LogP contribution < -0.4 is 0 Å². The summed E-state index contributed by atoms with van der Waals surface area (Å²) in [5, 5.41) is 9.10. The van der Waals surface area contributed by atoms with Gasteiger partial charge in [-0.1, -0.05) is 164 Å². The van der Waals surface area contributed by atoms with Crippen LogP contribution in [0.3, 0.4) is 0 Å². The highest BCUT2D eigenvalue weighted by Crippen LogP contribution is 2.43. The molecule has 58 heavy (non-hydrogen) atoms. The van der Waals surface area contributed by atoms with Crippen LogP contribution in [0.25, 0.3) is 116 Å². The van der Waals surface area contributed by atoms with Crippen LogP contribution >= 0.6 is 0 Å². The molecule has 0 radical (unpaired) electrons. The first-order valence-corrected chi connectivity index (χ1v) is 19.5. The zero-order valence-corrected chi connectivity index (χ0v) is 31.2. The summed E-state index contributed by atoms with van der Waals surface area (Å²) >= 11 is 0. The Balaban J connectivity index is 1.20. The predicted octanol–water partition coefficient (Wildman–Crippen LogP) is 13.8. The molecule has 3 heterocycles. The number of hydrogen-bond donors (Lipinski definition) is 0. The lowest BCUT2D eigenvalue weighted by molar-refractivity contribution is 0.669. The lowest BCUT2D eigenvalue weighted by atomic mass is 10.0. The summed E-state index contributed by atoms with van der Waals surface area (Å²) in [5.41, 5.74) is 9.81. The van der Waals surface area contributed by atoms with E-state index in [4.69, 9.17) is 19.4 Å². The third-order valence-electron chi connectivity index (χ3n) is 11.4. The summed E-state index contributed by atoms with van der Waals surface area (Å²) in [5.74, 6) is 1.79. The first-order valence-electron chi connectivity index (χ1n) is 19.5. The van der Waals surface area contributed by atoms with Gasteiger partial charge in [-0.2, -0.15) is 0 Å². The molecule has 12 aromatic rings. The van der Waals surface area contributed by atoms with Crippen molar-refractivity contribution in [3.8, 4) is 51.0 Å². The van der Waals surface area contributed by atoms with Crippen molar-refractivity contribution >= 4 is 65.3 Å². The van der Waals surface area contributed by atoms with Crippen molar-refractivity contribution in [1.29, 1.82) is 0 Å². The second-order valence-electron chi connectivity index (χ2n) is 14.8. The minimum Gasteiger partial charge on any atom is -0.456 e. The lowest BCUT2D eigenvalue weighted by Gasteiger charge is -2.14. The van der Waals surface area contributed by atoms with Crippen LogP contribution in [0.5, 0.6) is 0 Å². The van der Waals surface area contributed by atoms with Gasteiger partial charge in [0, 0.05) is 32.8 Å². The molecule has 0 N–H and O–H groups in total. The summed E-state index contributed by atoms with van der Waals surface area (Å²) in [6.07, 6.45) is 0. The smallest absolute Gasteiger partial charge is 0.164 e. The van der Waals surface area contributed by atoms with Gasteiger partial charge in [0.15, 0.2) is 17.5 Å². The zero-order chi connectivity index (χ0) is 38.2. The normalized spacial score (nSPS) is 11.8. The molecule has 0 saturated heterocycles. The van der Waals surface area contributed by atoms with E-state index in [0.29, 0.717) is 17.5 Å². The van der Waals surface area contributed by atoms with Crippen molar-refractivity contribution in [2.45, 2.75) is 0 Å². The molecule has 0 fully saturated rings. The summed E-state index contributed by atoms with van der Waals surface area (Å²) in [4.78, 5) is 15.6. The van der Waals surface area contributed by atoms with Crippen LogP contribution in [-0.4, -0.2) is 19.5 Å². The Kier molecular flexibility index (Phi) is 7.16. The number of fused-ring (bicyclic) bond motifs is 9. The van der Waals surface area contributed by atoms with Crippen LogP contribution in [0.2, 0.25) is 0 Å². The van der Waals surface area contributed by atoms with E-state index in [9.17, 15) is 0 Å². The molecule has 0 spiro atoms. The summed E-state index contributed by atoms with van der Waals surface area (Å²) in [6, 6.07) is 68.0. The first-order chi connectivity index (χ1) is 28.7. The van der Waals surface area contributed by atoms with E-state index in [-0.39, 0.29) is 0 Å². The molecular formula is C53H32N4O. The summed E-state index contributed by atoms with van der Waals surface area (Å²) in [7, 11) is 0. The van der Waals surface area contributed by atoms with Gasteiger partial charge in [0.1, 0.15) is 11.2 Å². The van der Waals surface area contributed by atoms with E-state index in [1.165, 1.54) is 27.1 Å². The molecule has 3 aromatic heterocycles. The number of hydrogen-bond acceptors (Lipinski definition) is 4. The maximum atomic E-state index is 6.74. The van der Waals surface area contributed by atoms with E-state index in [0.717, 1.165) is 71.7 Å². The predicted molar refractivity (Wildman–Crippen MR) is 238 cm³/mol. The van der Waals surface area contributed by atoms with E-state index >= 15 is 0 Å². The molecule has 5 heteroatoms. The minimum atomic E-state index is 0.566. The third-order valence-corrected chi connectivity index (χ3v) is 11.4. The van der Waals surface area contributed by atoms with E-state index in [2.05, 4.69) is 156 Å². The SMILES string of the molecule is c1ccc(-c2ccc3c4c5ccccc5ccc4n(-c4cc(-c5nc(-c6ccccc6)nc(-c6cccc7ccccc67)n5)cc5oc6ccccc6c45)c3c2)cc1. The van der Waals surface area contributed by atoms with Gasteiger partial charge >= 0.3 is 0 Å². The molecule has 0 saturated carbocycles. The largest absolute Gasteiger partial charge is 0.456 e. The number of rotatable bonds is 5. The van der Waals surface area contributed by atoms with Crippen molar-refractivity contribution in [3.05, 3.63) is 194 Å². The van der Waals surface area contributed by atoms with Crippen LogP contribution in [-0.2, 0) is 0 Å². The maximum Gasteiger partial charge on any atom is 0.164 e. The number of benzene rings is 9. The second kappa shape index (κ2) is 12.8. The van der Waals surface area contributed by atoms with E-state index < -0.39 is 0 Å². The van der Waals surface area contributed by atoms with E-state index in [1.807, 2.05) is 42.5 Å². The molecule has 0 bridgehead atoms. The fourth-order valence-corrected chi connectivity index (χ4v) is 8.76. The van der Waals surface area contributed by atoms with E-state index in [1.54, 1.807) is 0 Å².